The first kappa shape index (κ1) is 14.6. The van der Waals surface area contributed by atoms with Gasteiger partial charge in [0, 0.05) is 15.7 Å². The molecule has 0 radical (unpaired) electrons. The van der Waals surface area contributed by atoms with Crippen LogP contribution in [0.3, 0.4) is 0 Å². The average molecular weight is 293 g/mol. The van der Waals surface area contributed by atoms with Gasteiger partial charge in [-0.1, -0.05) is 58.0 Å². The summed E-state index contributed by atoms with van der Waals surface area (Å²) < 4.78 is 0. The Morgan fingerprint density at radius 1 is 1.00 bits per heavy atom. The van der Waals surface area contributed by atoms with E-state index < -0.39 is 0 Å². The highest BCUT2D eigenvalue weighted by atomic mass is 35.5. The maximum absolute atomic E-state index is 6.67. The Morgan fingerprint density at radius 3 is 2.16 bits per heavy atom. The first-order chi connectivity index (χ1) is 8.89. The molecule has 1 aromatic heterocycles. The van der Waals surface area contributed by atoms with Crippen LogP contribution in [0.1, 0.15) is 54.3 Å². The molecule has 0 fully saturated rings. The molecule has 0 spiro atoms. The first-order valence-corrected chi connectivity index (χ1v) is 7.94. The third-order valence-electron chi connectivity index (χ3n) is 3.40. The Labute approximate surface area is 125 Å². The second-order valence-electron chi connectivity index (χ2n) is 6.05. The van der Waals surface area contributed by atoms with Crippen molar-refractivity contribution in [2.45, 2.75) is 44.4 Å². The smallest absolute Gasteiger partial charge is 0.0744 e. The third kappa shape index (κ3) is 3.40. The highest BCUT2D eigenvalue weighted by molar-refractivity contribution is 7.12. The number of benzene rings is 1. The second-order valence-corrected chi connectivity index (χ2v) is 7.64. The lowest BCUT2D eigenvalue weighted by atomic mass is 9.94. The molecule has 0 aliphatic rings. The molecule has 0 saturated carbocycles. The van der Waals surface area contributed by atoms with Crippen molar-refractivity contribution < 1.29 is 0 Å². The Kier molecular flexibility index (Phi) is 4.37. The summed E-state index contributed by atoms with van der Waals surface area (Å²) in [5, 5.41) is 0.0449. The number of hydrogen-bond acceptors (Lipinski definition) is 1. The van der Waals surface area contributed by atoms with Gasteiger partial charge in [-0.2, -0.15) is 0 Å². The van der Waals surface area contributed by atoms with Gasteiger partial charge in [0.1, 0.15) is 0 Å². The van der Waals surface area contributed by atoms with Gasteiger partial charge in [-0.25, -0.2) is 0 Å². The fourth-order valence-corrected chi connectivity index (χ4v) is 3.58. The molecule has 19 heavy (non-hydrogen) atoms. The van der Waals surface area contributed by atoms with Crippen LogP contribution in [0.25, 0.3) is 0 Å². The van der Waals surface area contributed by atoms with Crippen LogP contribution < -0.4 is 0 Å². The highest BCUT2D eigenvalue weighted by Crippen LogP contribution is 2.41. The Hall–Kier alpha value is -0.790. The van der Waals surface area contributed by atoms with Gasteiger partial charge in [0.15, 0.2) is 0 Å². The van der Waals surface area contributed by atoms with E-state index in [0.717, 1.165) is 0 Å². The van der Waals surface area contributed by atoms with E-state index in [1.165, 1.54) is 15.3 Å². The third-order valence-corrected chi connectivity index (χ3v) is 5.74. The van der Waals surface area contributed by atoms with E-state index in [1.54, 1.807) is 0 Å². The van der Waals surface area contributed by atoms with Crippen LogP contribution in [0.5, 0.6) is 0 Å². The van der Waals surface area contributed by atoms with Gasteiger partial charge >= 0.3 is 0 Å². The van der Waals surface area contributed by atoms with E-state index in [9.17, 15) is 0 Å². The summed E-state index contributed by atoms with van der Waals surface area (Å²) in [7, 11) is 0. The predicted molar refractivity (Wildman–Crippen MR) is 86.5 cm³/mol. The monoisotopic (exact) mass is 292 g/mol. The van der Waals surface area contributed by atoms with Crippen LogP contribution in [0.15, 0.2) is 42.5 Å². The number of alkyl halides is 1. The lowest BCUT2D eigenvalue weighted by Gasteiger charge is -2.18. The summed E-state index contributed by atoms with van der Waals surface area (Å²) in [6.45, 7) is 8.93. The Morgan fingerprint density at radius 2 is 1.63 bits per heavy atom. The van der Waals surface area contributed by atoms with Crippen molar-refractivity contribution in [2.75, 3.05) is 0 Å². The Bertz CT molecular complexity index is 522. The molecule has 2 rings (SSSR count). The first-order valence-electron chi connectivity index (χ1n) is 6.69. The quantitative estimate of drug-likeness (QED) is 0.597. The zero-order valence-electron chi connectivity index (χ0n) is 12.0. The number of thiophene rings is 1. The summed E-state index contributed by atoms with van der Waals surface area (Å²) in [6, 6.07) is 14.9. The molecule has 1 heterocycles. The summed E-state index contributed by atoms with van der Waals surface area (Å²) in [5.41, 5.74) is 1.50. The van der Waals surface area contributed by atoms with Gasteiger partial charge in [0.05, 0.1) is 5.38 Å². The average Bonchev–Trinajstić information content (AvgIpc) is 2.87. The summed E-state index contributed by atoms with van der Waals surface area (Å²) >= 11 is 8.50. The SMILES string of the molecule is CC(c1ccccc1)C(Cl)c1ccc(C(C)(C)C)s1. The predicted octanol–water partition coefficient (Wildman–Crippen LogP) is 6.13. The van der Waals surface area contributed by atoms with E-state index >= 15 is 0 Å². The molecular formula is C17H21ClS. The summed E-state index contributed by atoms with van der Waals surface area (Å²) in [5.74, 6) is 0.328. The molecule has 2 heteroatoms. The van der Waals surface area contributed by atoms with E-state index in [2.05, 4.69) is 64.1 Å². The van der Waals surface area contributed by atoms with Crippen LogP contribution >= 0.6 is 22.9 Å². The van der Waals surface area contributed by atoms with Crippen molar-refractivity contribution in [1.82, 2.24) is 0 Å². The molecule has 2 aromatic rings. The van der Waals surface area contributed by atoms with Crippen molar-refractivity contribution in [2.24, 2.45) is 0 Å². The fourth-order valence-electron chi connectivity index (χ4n) is 2.08. The van der Waals surface area contributed by atoms with Crippen LogP contribution in [0.2, 0.25) is 0 Å². The minimum absolute atomic E-state index is 0.0449. The summed E-state index contributed by atoms with van der Waals surface area (Å²) in [4.78, 5) is 2.66. The van der Waals surface area contributed by atoms with Gasteiger partial charge < -0.3 is 0 Å². The molecule has 1 aromatic carbocycles. The molecule has 102 valence electrons. The minimum Gasteiger partial charge on any atom is -0.143 e. The normalized spacial score (nSPS) is 15.2. The number of rotatable bonds is 3. The van der Waals surface area contributed by atoms with E-state index in [0.29, 0.717) is 5.92 Å². The van der Waals surface area contributed by atoms with E-state index in [4.69, 9.17) is 11.6 Å². The largest absolute Gasteiger partial charge is 0.143 e. The van der Waals surface area contributed by atoms with Gasteiger partial charge in [-0.05, 0) is 23.1 Å². The van der Waals surface area contributed by atoms with Crippen LogP contribution in [-0.2, 0) is 5.41 Å². The standard InChI is InChI=1S/C17H21ClS/c1-12(13-8-6-5-7-9-13)16(18)14-10-11-15(19-14)17(2,3)4/h5-12,16H,1-4H3. The minimum atomic E-state index is 0.0449. The summed E-state index contributed by atoms with van der Waals surface area (Å²) in [6.07, 6.45) is 0. The number of hydrogen-bond donors (Lipinski definition) is 0. The van der Waals surface area contributed by atoms with Crippen LogP contribution in [-0.4, -0.2) is 0 Å². The number of halogens is 1. The van der Waals surface area contributed by atoms with Crippen LogP contribution in [0.4, 0.5) is 0 Å². The lowest BCUT2D eigenvalue weighted by Crippen LogP contribution is -2.07. The molecule has 0 saturated heterocycles. The van der Waals surface area contributed by atoms with Gasteiger partial charge in [-0.15, -0.1) is 22.9 Å². The van der Waals surface area contributed by atoms with Crippen molar-refractivity contribution in [3.63, 3.8) is 0 Å². The molecule has 0 aliphatic carbocycles. The second kappa shape index (κ2) is 5.68. The molecule has 0 N–H and O–H groups in total. The van der Waals surface area contributed by atoms with E-state index in [1.807, 2.05) is 17.4 Å². The molecular weight excluding hydrogens is 272 g/mol. The lowest BCUT2D eigenvalue weighted by molar-refractivity contribution is 0.604. The molecule has 0 nitrogen and oxygen atoms in total. The molecule has 0 bridgehead atoms. The van der Waals surface area contributed by atoms with Gasteiger partial charge in [0.25, 0.3) is 0 Å². The van der Waals surface area contributed by atoms with Crippen molar-refractivity contribution in [1.29, 1.82) is 0 Å². The maximum atomic E-state index is 6.67. The molecule has 0 aliphatic heterocycles. The zero-order valence-corrected chi connectivity index (χ0v) is 13.6. The zero-order chi connectivity index (χ0) is 14.0. The topological polar surface area (TPSA) is 0 Å². The van der Waals surface area contributed by atoms with Crippen molar-refractivity contribution in [3.8, 4) is 0 Å². The molecule has 2 unspecified atom stereocenters. The fraction of sp³-hybridized carbons (Fsp3) is 0.412. The van der Waals surface area contributed by atoms with E-state index in [-0.39, 0.29) is 10.8 Å². The van der Waals surface area contributed by atoms with Gasteiger partial charge in [0.2, 0.25) is 0 Å². The van der Waals surface area contributed by atoms with Crippen molar-refractivity contribution >= 4 is 22.9 Å². The van der Waals surface area contributed by atoms with Gasteiger partial charge in [-0.3, -0.25) is 0 Å². The highest BCUT2D eigenvalue weighted by Gasteiger charge is 2.23. The van der Waals surface area contributed by atoms with Crippen LogP contribution in [0, 0.1) is 0 Å². The molecule has 2 atom stereocenters. The van der Waals surface area contributed by atoms with Crippen molar-refractivity contribution in [3.05, 3.63) is 57.8 Å². The maximum Gasteiger partial charge on any atom is 0.0744 e. The Balaban J connectivity index is 2.20. The molecule has 0 amide bonds.